The molecule has 5 atom stereocenters. The molecule has 0 amide bonds. The molecule has 2 aliphatic carbocycles. The van der Waals surface area contributed by atoms with Crippen LogP contribution in [-0.2, 0) is 16.1 Å². The smallest absolute Gasteiger partial charge is 0.315 e. The highest BCUT2D eigenvalue weighted by Gasteiger charge is 2.76. The van der Waals surface area contributed by atoms with Gasteiger partial charge in [0.2, 0.25) is 0 Å². The van der Waals surface area contributed by atoms with E-state index >= 15 is 0 Å². The van der Waals surface area contributed by atoms with E-state index in [1.807, 2.05) is 30.5 Å². The summed E-state index contributed by atoms with van der Waals surface area (Å²) in [6.45, 7) is 2.44. The van der Waals surface area contributed by atoms with Crippen LogP contribution in [0.1, 0.15) is 24.9 Å². The number of hydrogen-bond donors (Lipinski definition) is 3. The maximum Gasteiger partial charge on any atom is 0.315 e. The third-order valence-electron chi connectivity index (χ3n) is 6.58. The van der Waals surface area contributed by atoms with Gasteiger partial charge in [-0.05, 0) is 37.3 Å². The van der Waals surface area contributed by atoms with Gasteiger partial charge in [0.15, 0.2) is 22.1 Å². The van der Waals surface area contributed by atoms with E-state index in [4.69, 9.17) is 16.3 Å². The minimum Gasteiger partial charge on any atom is -0.465 e. The Hall–Kier alpha value is -2.40. The number of fused-ring (bicyclic) bond motifs is 2. The van der Waals surface area contributed by atoms with E-state index in [0.29, 0.717) is 40.1 Å². The average molecular weight is 490 g/mol. The fourth-order valence-electron chi connectivity index (χ4n) is 4.94. The molecule has 2 fully saturated rings. The van der Waals surface area contributed by atoms with E-state index in [2.05, 4.69) is 20.3 Å². The molecule has 33 heavy (non-hydrogen) atoms. The summed E-state index contributed by atoms with van der Waals surface area (Å²) in [6.07, 6.45) is 1.58. The number of nitrogens with one attached hydrogen (secondary N) is 1. The molecule has 1 aromatic carbocycles. The van der Waals surface area contributed by atoms with Gasteiger partial charge in [0.25, 0.3) is 0 Å². The standard InChI is InChI=1S/C22H24ClN5O4S/c1-3-32-20(31)22-8-13(22)15(16(29)17(22)30)28-10-25-14-18(26-21(33-2)27-19(14)28)24-9-11-5-4-6-12(23)7-11/h4-7,10,13,15-17,29-30H,3,8-9H2,1-2H3,(H,24,26,27)/t13-,15+,16+,17+,22+/m1/s1. The van der Waals surface area contributed by atoms with E-state index in [1.165, 1.54) is 11.8 Å². The summed E-state index contributed by atoms with van der Waals surface area (Å²) in [5.41, 5.74) is 1.00. The lowest BCUT2D eigenvalue weighted by Crippen LogP contribution is -2.38. The molecule has 0 spiro atoms. The first kappa shape index (κ1) is 22.4. The zero-order valence-electron chi connectivity index (χ0n) is 18.1. The van der Waals surface area contributed by atoms with Crippen molar-refractivity contribution >= 4 is 46.3 Å². The van der Waals surface area contributed by atoms with Gasteiger partial charge in [0, 0.05) is 17.5 Å². The van der Waals surface area contributed by atoms with Gasteiger partial charge in [-0.25, -0.2) is 15.0 Å². The molecule has 174 valence electrons. The zero-order chi connectivity index (χ0) is 23.3. The van der Waals surface area contributed by atoms with Crippen molar-refractivity contribution in [1.82, 2.24) is 19.5 Å². The molecular formula is C22H24ClN5O4S. The summed E-state index contributed by atoms with van der Waals surface area (Å²) in [4.78, 5) is 26.3. The Kier molecular flexibility index (Phi) is 5.72. The number of halogens is 1. The van der Waals surface area contributed by atoms with Crippen molar-refractivity contribution in [2.24, 2.45) is 11.3 Å². The zero-order valence-corrected chi connectivity index (χ0v) is 19.7. The number of anilines is 1. The molecule has 0 aliphatic heterocycles. The Labute approximate surface area is 199 Å². The van der Waals surface area contributed by atoms with Gasteiger partial charge < -0.3 is 24.8 Å². The lowest BCUT2D eigenvalue weighted by atomic mass is 9.99. The van der Waals surface area contributed by atoms with Crippen LogP contribution in [-0.4, -0.2) is 60.8 Å². The minimum atomic E-state index is -1.20. The lowest BCUT2D eigenvalue weighted by Gasteiger charge is -2.23. The van der Waals surface area contributed by atoms with Crippen molar-refractivity contribution in [1.29, 1.82) is 0 Å². The van der Waals surface area contributed by atoms with E-state index < -0.39 is 29.6 Å². The van der Waals surface area contributed by atoms with Gasteiger partial charge in [-0.3, -0.25) is 4.79 Å². The molecule has 0 bridgehead atoms. The van der Waals surface area contributed by atoms with Gasteiger partial charge in [-0.2, -0.15) is 0 Å². The number of nitrogens with zero attached hydrogens (tertiary/aromatic N) is 4. The summed E-state index contributed by atoms with van der Waals surface area (Å²) in [5.74, 6) is -0.158. The SMILES string of the molecule is CCOC(=O)[C@@]12C[C@@H]1[C@H](n1cnc3c(NCc4cccc(Cl)c4)nc(SC)nc31)[C@H](O)[C@@H]2O. The molecule has 0 saturated heterocycles. The van der Waals surface area contributed by atoms with E-state index in [1.54, 1.807) is 17.8 Å². The monoisotopic (exact) mass is 489 g/mol. The highest BCUT2D eigenvalue weighted by Crippen LogP contribution is 2.68. The normalized spacial score (nSPS) is 28.0. The number of aliphatic hydroxyl groups is 2. The summed E-state index contributed by atoms with van der Waals surface area (Å²) in [5, 5.41) is 26.1. The van der Waals surface area contributed by atoms with Crippen molar-refractivity contribution in [3.63, 3.8) is 0 Å². The van der Waals surface area contributed by atoms with Gasteiger partial charge in [-0.1, -0.05) is 35.5 Å². The first-order valence-corrected chi connectivity index (χ1v) is 12.3. The second kappa shape index (κ2) is 8.43. The molecule has 2 aliphatic rings. The predicted octanol–water partition coefficient (Wildman–Crippen LogP) is 2.66. The van der Waals surface area contributed by atoms with Crippen molar-refractivity contribution in [2.75, 3.05) is 18.2 Å². The van der Waals surface area contributed by atoms with Crippen LogP contribution in [0.25, 0.3) is 11.2 Å². The van der Waals surface area contributed by atoms with Crippen LogP contribution in [0.4, 0.5) is 5.82 Å². The minimum absolute atomic E-state index is 0.223. The third kappa shape index (κ3) is 3.56. The van der Waals surface area contributed by atoms with Crippen molar-refractivity contribution in [3.8, 4) is 0 Å². The van der Waals surface area contributed by atoms with E-state index in [-0.39, 0.29) is 12.5 Å². The Morgan fingerprint density at radius 2 is 2.21 bits per heavy atom. The van der Waals surface area contributed by atoms with Crippen LogP contribution < -0.4 is 5.32 Å². The lowest BCUT2D eigenvalue weighted by molar-refractivity contribution is -0.156. The van der Waals surface area contributed by atoms with Gasteiger partial charge in [-0.15, -0.1) is 0 Å². The molecule has 2 heterocycles. The Morgan fingerprint density at radius 1 is 1.39 bits per heavy atom. The molecule has 0 unspecified atom stereocenters. The van der Waals surface area contributed by atoms with Gasteiger partial charge >= 0.3 is 5.97 Å². The van der Waals surface area contributed by atoms with Crippen LogP contribution in [0.2, 0.25) is 5.02 Å². The Morgan fingerprint density at radius 3 is 2.94 bits per heavy atom. The topological polar surface area (TPSA) is 122 Å². The first-order chi connectivity index (χ1) is 15.9. The molecule has 3 aromatic rings. The predicted molar refractivity (Wildman–Crippen MR) is 124 cm³/mol. The fraction of sp³-hybridized carbons (Fsp3) is 0.455. The maximum atomic E-state index is 12.6. The molecule has 3 N–H and O–H groups in total. The quantitative estimate of drug-likeness (QED) is 0.261. The summed E-state index contributed by atoms with van der Waals surface area (Å²) in [6, 6.07) is 7.00. The summed E-state index contributed by atoms with van der Waals surface area (Å²) >= 11 is 7.48. The van der Waals surface area contributed by atoms with Crippen LogP contribution in [0.15, 0.2) is 35.7 Å². The second-order valence-corrected chi connectivity index (χ2v) is 9.57. The maximum absolute atomic E-state index is 12.6. The third-order valence-corrected chi connectivity index (χ3v) is 7.36. The molecule has 5 rings (SSSR count). The van der Waals surface area contributed by atoms with Crippen molar-refractivity contribution < 1.29 is 19.7 Å². The number of aromatic nitrogens is 4. The second-order valence-electron chi connectivity index (χ2n) is 8.36. The number of esters is 1. The Balaban J connectivity index is 1.49. The van der Waals surface area contributed by atoms with Gasteiger partial charge in [0.05, 0.1) is 25.1 Å². The molecule has 0 radical (unpaired) electrons. The molecule has 2 saturated carbocycles. The van der Waals surface area contributed by atoms with Crippen LogP contribution in [0.3, 0.4) is 0 Å². The Bertz CT molecular complexity index is 1220. The molecule has 11 heteroatoms. The number of benzene rings is 1. The number of thioether (sulfide) groups is 1. The molecule has 9 nitrogen and oxygen atoms in total. The van der Waals surface area contributed by atoms with Crippen molar-refractivity contribution in [3.05, 3.63) is 41.2 Å². The van der Waals surface area contributed by atoms with E-state index in [0.717, 1.165) is 5.56 Å². The number of carbonyl (C=O) groups excluding carboxylic acids is 1. The average Bonchev–Trinajstić information content (AvgIpc) is 3.34. The van der Waals surface area contributed by atoms with E-state index in [9.17, 15) is 15.0 Å². The number of carbonyl (C=O) groups is 1. The highest BCUT2D eigenvalue weighted by atomic mass is 35.5. The summed E-state index contributed by atoms with van der Waals surface area (Å²) < 4.78 is 6.95. The highest BCUT2D eigenvalue weighted by molar-refractivity contribution is 7.98. The summed E-state index contributed by atoms with van der Waals surface area (Å²) in [7, 11) is 0. The first-order valence-electron chi connectivity index (χ1n) is 10.7. The van der Waals surface area contributed by atoms with Crippen LogP contribution in [0, 0.1) is 11.3 Å². The fourth-order valence-corrected chi connectivity index (χ4v) is 5.51. The largest absolute Gasteiger partial charge is 0.465 e. The molecule has 2 aromatic heterocycles. The van der Waals surface area contributed by atoms with Crippen molar-refractivity contribution in [2.45, 2.75) is 43.3 Å². The van der Waals surface area contributed by atoms with Crippen LogP contribution >= 0.6 is 23.4 Å². The van der Waals surface area contributed by atoms with Gasteiger partial charge in [0.1, 0.15) is 11.5 Å². The number of ether oxygens (including phenoxy) is 1. The number of rotatable bonds is 7. The van der Waals surface area contributed by atoms with Crippen LogP contribution in [0.5, 0.6) is 0 Å². The number of aliphatic hydroxyl groups excluding tert-OH is 2. The molecular weight excluding hydrogens is 466 g/mol. The number of imidazole rings is 1. The number of hydrogen-bond acceptors (Lipinski definition) is 9.